The number of nitrogens with zero attached hydrogens (tertiary/aromatic N) is 1. The third-order valence-electron chi connectivity index (χ3n) is 2.86. The Labute approximate surface area is 106 Å². The van der Waals surface area contributed by atoms with Crippen molar-refractivity contribution in [3.8, 4) is 5.75 Å². The number of fused-ring (bicyclic) bond motifs is 1. The summed E-state index contributed by atoms with van der Waals surface area (Å²) < 4.78 is 6.77. The molecule has 2 rings (SSSR count). The molecule has 0 saturated carbocycles. The van der Waals surface area contributed by atoms with Gasteiger partial charge >= 0.3 is 0 Å². The summed E-state index contributed by atoms with van der Waals surface area (Å²) in [5.74, 6) is 1.76. The average molecular weight is 284 g/mol. The monoisotopic (exact) mass is 283 g/mol. The van der Waals surface area contributed by atoms with Crippen LogP contribution in [0, 0.1) is 5.92 Å². The molecule has 0 fully saturated rings. The van der Waals surface area contributed by atoms with Gasteiger partial charge in [-0.1, -0.05) is 29.8 Å². The molecule has 1 aliphatic rings. The van der Waals surface area contributed by atoms with Gasteiger partial charge in [0.15, 0.2) is 0 Å². The molecule has 0 atom stereocenters. The maximum Gasteiger partial charge on any atom is 0.142 e. The molecule has 0 bridgehead atoms. The summed E-state index contributed by atoms with van der Waals surface area (Å²) in [5, 5.41) is 0. The Morgan fingerprint density at radius 1 is 1.44 bits per heavy atom. The van der Waals surface area contributed by atoms with E-state index in [1.165, 1.54) is 12.1 Å². The van der Waals surface area contributed by atoms with E-state index in [0.717, 1.165) is 35.8 Å². The highest BCUT2D eigenvalue weighted by Gasteiger charge is 2.17. The minimum atomic E-state index is 0.749. The van der Waals surface area contributed by atoms with Gasteiger partial charge in [-0.3, -0.25) is 0 Å². The largest absolute Gasteiger partial charge is 0.490 e. The molecule has 0 amide bonds. The minimum Gasteiger partial charge on any atom is -0.490 e. The van der Waals surface area contributed by atoms with Crippen molar-refractivity contribution in [2.24, 2.45) is 5.92 Å². The fourth-order valence-corrected chi connectivity index (χ4v) is 2.24. The summed E-state index contributed by atoms with van der Waals surface area (Å²) >= 11 is 3.52. The van der Waals surface area contributed by atoms with Crippen molar-refractivity contribution >= 4 is 21.6 Å². The second kappa shape index (κ2) is 5.09. The lowest BCUT2D eigenvalue weighted by Crippen LogP contribution is -2.33. The molecule has 0 radical (unpaired) electrons. The van der Waals surface area contributed by atoms with Gasteiger partial charge in [0.25, 0.3) is 0 Å². The first-order chi connectivity index (χ1) is 7.66. The normalized spacial score (nSPS) is 14.9. The van der Waals surface area contributed by atoms with E-state index in [1.807, 2.05) is 12.1 Å². The Hall–Kier alpha value is -0.700. The standard InChI is InChI=1S/C13H18BrNO/c1-10(2)5-6-15-7-8-16-13-4-3-11(14)9-12(13)15/h3-4,9-10H,5-8H2,1-2H3. The van der Waals surface area contributed by atoms with Crippen LogP contribution in [0.15, 0.2) is 22.7 Å². The fraction of sp³-hybridized carbons (Fsp3) is 0.538. The molecule has 0 saturated heterocycles. The zero-order valence-corrected chi connectivity index (χ0v) is 11.5. The SMILES string of the molecule is CC(C)CCN1CCOc2ccc(Br)cc21. The van der Waals surface area contributed by atoms with Gasteiger partial charge in [0.05, 0.1) is 12.2 Å². The third kappa shape index (κ3) is 2.70. The van der Waals surface area contributed by atoms with Crippen LogP contribution in [-0.2, 0) is 0 Å². The van der Waals surface area contributed by atoms with Crippen molar-refractivity contribution in [3.63, 3.8) is 0 Å². The Balaban J connectivity index is 2.15. The highest BCUT2D eigenvalue weighted by atomic mass is 79.9. The Morgan fingerprint density at radius 3 is 3.00 bits per heavy atom. The molecular weight excluding hydrogens is 266 g/mol. The number of hydrogen-bond donors (Lipinski definition) is 0. The first kappa shape index (κ1) is 11.8. The molecule has 16 heavy (non-hydrogen) atoms. The van der Waals surface area contributed by atoms with Crippen molar-refractivity contribution in [1.29, 1.82) is 0 Å². The van der Waals surface area contributed by atoms with Gasteiger partial charge in [0.2, 0.25) is 0 Å². The van der Waals surface area contributed by atoms with E-state index in [0.29, 0.717) is 0 Å². The van der Waals surface area contributed by atoms with Crippen LogP contribution in [-0.4, -0.2) is 19.7 Å². The molecule has 0 N–H and O–H groups in total. The molecule has 88 valence electrons. The number of benzene rings is 1. The van der Waals surface area contributed by atoms with E-state index < -0.39 is 0 Å². The fourth-order valence-electron chi connectivity index (χ4n) is 1.89. The zero-order valence-electron chi connectivity index (χ0n) is 9.87. The van der Waals surface area contributed by atoms with Crippen LogP contribution in [0.2, 0.25) is 0 Å². The predicted molar refractivity (Wildman–Crippen MR) is 71.3 cm³/mol. The number of anilines is 1. The first-order valence-electron chi connectivity index (χ1n) is 5.84. The van der Waals surface area contributed by atoms with E-state index in [9.17, 15) is 0 Å². The van der Waals surface area contributed by atoms with Gasteiger partial charge < -0.3 is 9.64 Å². The van der Waals surface area contributed by atoms with Crippen LogP contribution in [0.4, 0.5) is 5.69 Å². The van der Waals surface area contributed by atoms with Crippen LogP contribution in [0.3, 0.4) is 0 Å². The molecule has 1 aliphatic heterocycles. The van der Waals surface area contributed by atoms with Gasteiger partial charge in [-0.2, -0.15) is 0 Å². The highest BCUT2D eigenvalue weighted by Crippen LogP contribution is 2.34. The molecule has 2 nitrogen and oxygen atoms in total. The minimum absolute atomic E-state index is 0.749. The summed E-state index contributed by atoms with van der Waals surface area (Å²) in [7, 11) is 0. The van der Waals surface area contributed by atoms with E-state index in [1.54, 1.807) is 0 Å². The summed E-state index contributed by atoms with van der Waals surface area (Å²) in [6.07, 6.45) is 1.23. The van der Waals surface area contributed by atoms with Gasteiger partial charge in [0, 0.05) is 11.0 Å². The summed E-state index contributed by atoms with van der Waals surface area (Å²) in [6, 6.07) is 6.22. The van der Waals surface area contributed by atoms with Gasteiger partial charge in [0.1, 0.15) is 12.4 Å². The van der Waals surface area contributed by atoms with Gasteiger partial charge in [-0.25, -0.2) is 0 Å². The van der Waals surface area contributed by atoms with Crippen LogP contribution in [0.25, 0.3) is 0 Å². The van der Waals surface area contributed by atoms with E-state index in [4.69, 9.17) is 4.74 Å². The number of ether oxygens (including phenoxy) is 1. The Bertz CT molecular complexity index is 365. The van der Waals surface area contributed by atoms with Crippen molar-refractivity contribution in [2.45, 2.75) is 20.3 Å². The van der Waals surface area contributed by atoms with Crippen LogP contribution in [0.1, 0.15) is 20.3 Å². The lowest BCUT2D eigenvalue weighted by molar-refractivity contribution is 0.306. The number of halogens is 1. The summed E-state index contributed by atoms with van der Waals surface area (Å²) in [5.41, 5.74) is 1.22. The molecule has 0 aliphatic carbocycles. The van der Waals surface area contributed by atoms with E-state index in [-0.39, 0.29) is 0 Å². The number of rotatable bonds is 3. The molecule has 1 aromatic rings. The molecule has 3 heteroatoms. The topological polar surface area (TPSA) is 12.5 Å². The van der Waals surface area contributed by atoms with Crippen molar-refractivity contribution in [3.05, 3.63) is 22.7 Å². The average Bonchev–Trinajstić information content (AvgIpc) is 2.26. The maximum absolute atomic E-state index is 5.65. The molecular formula is C13H18BrNO. The second-order valence-electron chi connectivity index (χ2n) is 4.63. The smallest absolute Gasteiger partial charge is 0.142 e. The van der Waals surface area contributed by atoms with Gasteiger partial charge in [-0.05, 0) is 30.5 Å². The van der Waals surface area contributed by atoms with Crippen LogP contribution in [0.5, 0.6) is 5.75 Å². The maximum atomic E-state index is 5.65. The highest BCUT2D eigenvalue weighted by molar-refractivity contribution is 9.10. The lowest BCUT2D eigenvalue weighted by Gasteiger charge is -2.31. The lowest BCUT2D eigenvalue weighted by atomic mass is 10.1. The van der Waals surface area contributed by atoms with Crippen molar-refractivity contribution in [1.82, 2.24) is 0 Å². The third-order valence-corrected chi connectivity index (χ3v) is 3.35. The Kier molecular flexibility index (Phi) is 3.74. The molecule has 1 heterocycles. The van der Waals surface area contributed by atoms with Crippen LogP contribution < -0.4 is 9.64 Å². The van der Waals surface area contributed by atoms with Crippen LogP contribution >= 0.6 is 15.9 Å². The molecule has 1 aromatic carbocycles. The van der Waals surface area contributed by atoms with E-state index in [2.05, 4.69) is 40.7 Å². The zero-order chi connectivity index (χ0) is 11.5. The molecule has 0 aromatic heterocycles. The van der Waals surface area contributed by atoms with Crippen molar-refractivity contribution in [2.75, 3.05) is 24.6 Å². The second-order valence-corrected chi connectivity index (χ2v) is 5.55. The quantitative estimate of drug-likeness (QED) is 0.839. The summed E-state index contributed by atoms with van der Waals surface area (Å²) in [4.78, 5) is 2.42. The molecule has 0 unspecified atom stereocenters. The first-order valence-corrected chi connectivity index (χ1v) is 6.63. The van der Waals surface area contributed by atoms with E-state index >= 15 is 0 Å². The van der Waals surface area contributed by atoms with Crippen molar-refractivity contribution < 1.29 is 4.74 Å². The number of hydrogen-bond acceptors (Lipinski definition) is 2. The molecule has 0 spiro atoms. The van der Waals surface area contributed by atoms with Gasteiger partial charge in [-0.15, -0.1) is 0 Å². The predicted octanol–water partition coefficient (Wildman–Crippen LogP) is 3.69. The summed E-state index contributed by atoms with van der Waals surface area (Å²) in [6.45, 7) is 7.44. The Morgan fingerprint density at radius 2 is 2.25 bits per heavy atom.